The lowest BCUT2D eigenvalue weighted by atomic mass is 10.1. The van der Waals surface area contributed by atoms with Crippen LogP contribution in [-0.4, -0.2) is 28.3 Å². The molecule has 0 unspecified atom stereocenters. The lowest BCUT2D eigenvalue weighted by Crippen LogP contribution is -2.27. The molecular formula is C22H22ClNO3S2. The van der Waals surface area contributed by atoms with Crippen molar-refractivity contribution in [1.82, 2.24) is 4.90 Å². The molecule has 1 saturated heterocycles. The zero-order valence-electron chi connectivity index (χ0n) is 16.5. The van der Waals surface area contributed by atoms with E-state index >= 15 is 0 Å². The third-order valence-electron chi connectivity index (χ3n) is 4.32. The van der Waals surface area contributed by atoms with E-state index in [-0.39, 0.29) is 5.91 Å². The highest BCUT2D eigenvalue weighted by Crippen LogP contribution is 2.39. The van der Waals surface area contributed by atoms with Gasteiger partial charge in [-0.2, -0.15) is 0 Å². The molecule has 152 valence electrons. The number of halogens is 1. The topological polar surface area (TPSA) is 38.8 Å². The van der Waals surface area contributed by atoms with E-state index < -0.39 is 0 Å². The maximum Gasteiger partial charge on any atom is 0.266 e. The number of carbonyl (C=O) groups excluding carboxylic acids is 1. The van der Waals surface area contributed by atoms with Crippen LogP contribution in [0.1, 0.15) is 30.5 Å². The highest BCUT2D eigenvalue weighted by Gasteiger charge is 2.30. The summed E-state index contributed by atoms with van der Waals surface area (Å²) < 4.78 is 12.3. The molecule has 0 radical (unpaired) electrons. The van der Waals surface area contributed by atoms with Crippen LogP contribution in [0.15, 0.2) is 41.3 Å². The summed E-state index contributed by atoms with van der Waals surface area (Å²) >= 11 is 13.1. The van der Waals surface area contributed by atoms with Crippen molar-refractivity contribution in [2.45, 2.75) is 27.4 Å². The fraction of sp³-hybridized carbons (Fsp3) is 0.273. The van der Waals surface area contributed by atoms with Gasteiger partial charge in [-0.3, -0.25) is 9.69 Å². The third-order valence-corrected chi connectivity index (χ3v) is 5.98. The van der Waals surface area contributed by atoms with Gasteiger partial charge in [0.2, 0.25) is 0 Å². The van der Waals surface area contributed by atoms with Crippen molar-refractivity contribution in [3.8, 4) is 11.5 Å². The highest BCUT2D eigenvalue weighted by atomic mass is 35.5. The Bertz CT molecular complexity index is 957. The van der Waals surface area contributed by atoms with Crippen LogP contribution in [0.4, 0.5) is 0 Å². The Morgan fingerprint density at radius 3 is 2.52 bits per heavy atom. The van der Waals surface area contributed by atoms with E-state index in [0.717, 1.165) is 11.1 Å². The SMILES string of the molecule is CCOc1cc(C=C2SC(=S)N(CC)C2=O)cc(Cl)c1OCc1ccc(C)cc1. The fourth-order valence-corrected chi connectivity index (χ4v) is 4.50. The van der Waals surface area contributed by atoms with Crippen molar-refractivity contribution in [2.75, 3.05) is 13.2 Å². The normalized spacial score (nSPS) is 15.3. The van der Waals surface area contributed by atoms with Crippen molar-refractivity contribution >= 4 is 51.9 Å². The number of carbonyl (C=O) groups is 1. The number of ether oxygens (including phenoxy) is 2. The monoisotopic (exact) mass is 447 g/mol. The summed E-state index contributed by atoms with van der Waals surface area (Å²) in [6.07, 6.45) is 1.78. The molecule has 1 aliphatic rings. The second-order valence-electron chi connectivity index (χ2n) is 6.46. The summed E-state index contributed by atoms with van der Waals surface area (Å²) in [5.74, 6) is 0.952. The van der Waals surface area contributed by atoms with Gasteiger partial charge in [0.05, 0.1) is 16.5 Å². The molecule has 1 heterocycles. The second kappa shape index (κ2) is 9.65. The van der Waals surface area contributed by atoms with Crippen molar-refractivity contribution in [3.63, 3.8) is 0 Å². The Kier molecular flexibility index (Phi) is 7.22. The van der Waals surface area contributed by atoms with Gasteiger partial charge in [-0.05, 0) is 50.1 Å². The lowest BCUT2D eigenvalue weighted by Gasteiger charge is -2.15. The first-order valence-corrected chi connectivity index (χ1v) is 10.9. The van der Waals surface area contributed by atoms with E-state index in [4.69, 9.17) is 33.3 Å². The van der Waals surface area contributed by atoms with Gasteiger partial charge in [0.1, 0.15) is 10.9 Å². The standard InChI is InChI=1S/C22H22ClNO3S2/c1-4-24-21(25)19(29-22(24)28)12-16-10-17(23)20(18(11-16)26-5-2)27-13-15-8-6-14(3)7-9-15/h6-12H,4-5,13H2,1-3H3. The second-order valence-corrected chi connectivity index (χ2v) is 8.55. The van der Waals surface area contributed by atoms with Crippen LogP contribution < -0.4 is 9.47 Å². The molecule has 0 aromatic heterocycles. The molecule has 3 rings (SSSR count). The average molecular weight is 448 g/mol. The van der Waals surface area contributed by atoms with Crippen molar-refractivity contribution in [1.29, 1.82) is 0 Å². The molecule has 0 bridgehead atoms. The summed E-state index contributed by atoms with van der Waals surface area (Å²) in [5.41, 5.74) is 3.00. The van der Waals surface area contributed by atoms with Crippen LogP contribution in [0, 0.1) is 6.92 Å². The Morgan fingerprint density at radius 1 is 1.17 bits per heavy atom. The maximum absolute atomic E-state index is 12.5. The number of hydrogen-bond acceptors (Lipinski definition) is 5. The maximum atomic E-state index is 12.5. The summed E-state index contributed by atoms with van der Waals surface area (Å²) in [5, 5.41) is 0.431. The lowest BCUT2D eigenvalue weighted by molar-refractivity contribution is -0.121. The van der Waals surface area contributed by atoms with E-state index in [1.54, 1.807) is 17.0 Å². The van der Waals surface area contributed by atoms with Crippen molar-refractivity contribution < 1.29 is 14.3 Å². The van der Waals surface area contributed by atoms with Gasteiger partial charge in [-0.15, -0.1) is 0 Å². The fourth-order valence-electron chi connectivity index (χ4n) is 2.84. The molecule has 0 saturated carbocycles. The highest BCUT2D eigenvalue weighted by molar-refractivity contribution is 8.26. The van der Waals surface area contributed by atoms with Gasteiger partial charge in [0.15, 0.2) is 11.5 Å². The summed E-state index contributed by atoms with van der Waals surface area (Å²) in [7, 11) is 0. The number of aryl methyl sites for hydroxylation is 1. The number of amides is 1. The molecule has 0 atom stereocenters. The van der Waals surface area contributed by atoms with Crippen molar-refractivity contribution in [2.24, 2.45) is 0 Å². The van der Waals surface area contributed by atoms with Gasteiger partial charge in [0, 0.05) is 6.54 Å². The zero-order chi connectivity index (χ0) is 21.0. The van der Waals surface area contributed by atoms with Crippen LogP contribution in [-0.2, 0) is 11.4 Å². The molecule has 0 N–H and O–H groups in total. The van der Waals surface area contributed by atoms with E-state index in [9.17, 15) is 4.79 Å². The average Bonchev–Trinajstić information content (AvgIpc) is 2.95. The Labute approximate surface area is 185 Å². The largest absolute Gasteiger partial charge is 0.490 e. The summed E-state index contributed by atoms with van der Waals surface area (Å²) in [6.45, 7) is 7.25. The number of nitrogens with zero attached hydrogens (tertiary/aromatic N) is 1. The number of rotatable bonds is 7. The van der Waals surface area contributed by atoms with Gasteiger partial charge >= 0.3 is 0 Å². The van der Waals surface area contributed by atoms with Crippen LogP contribution in [0.5, 0.6) is 11.5 Å². The van der Waals surface area contributed by atoms with Gasteiger partial charge in [-0.1, -0.05) is 65.4 Å². The molecule has 4 nitrogen and oxygen atoms in total. The number of likely N-dealkylation sites (N-methyl/N-ethyl adjacent to an activating group) is 1. The molecule has 0 aliphatic carbocycles. The smallest absolute Gasteiger partial charge is 0.266 e. The first-order chi connectivity index (χ1) is 13.9. The molecular weight excluding hydrogens is 426 g/mol. The van der Waals surface area contributed by atoms with E-state index in [0.29, 0.717) is 45.5 Å². The summed E-state index contributed by atoms with van der Waals surface area (Å²) in [4.78, 5) is 14.6. The molecule has 29 heavy (non-hydrogen) atoms. The molecule has 1 aliphatic heterocycles. The van der Waals surface area contributed by atoms with Gasteiger partial charge in [0.25, 0.3) is 5.91 Å². The van der Waals surface area contributed by atoms with Crippen LogP contribution >= 0.6 is 35.6 Å². The third kappa shape index (κ3) is 5.13. The van der Waals surface area contributed by atoms with Crippen LogP contribution in [0.25, 0.3) is 6.08 Å². The van der Waals surface area contributed by atoms with E-state index in [1.165, 1.54) is 17.3 Å². The molecule has 7 heteroatoms. The Morgan fingerprint density at radius 2 is 1.90 bits per heavy atom. The minimum Gasteiger partial charge on any atom is -0.490 e. The molecule has 0 spiro atoms. The molecule has 2 aromatic carbocycles. The first kappa shape index (κ1) is 21.7. The molecule has 1 fully saturated rings. The molecule has 2 aromatic rings. The number of hydrogen-bond donors (Lipinski definition) is 0. The number of thioether (sulfide) groups is 1. The zero-order valence-corrected chi connectivity index (χ0v) is 18.9. The quantitative estimate of drug-likeness (QED) is 0.393. The molecule has 1 amide bonds. The number of thiocarbonyl (C=S) groups is 1. The minimum atomic E-state index is -0.0868. The van der Waals surface area contributed by atoms with Crippen molar-refractivity contribution in [3.05, 3.63) is 63.0 Å². The Balaban J connectivity index is 1.86. The Hall–Kier alpha value is -2.02. The van der Waals surface area contributed by atoms with E-state index in [2.05, 4.69) is 0 Å². The predicted octanol–water partition coefficient (Wildman–Crippen LogP) is 5.85. The minimum absolute atomic E-state index is 0.0868. The van der Waals surface area contributed by atoms with Gasteiger partial charge in [-0.25, -0.2) is 0 Å². The van der Waals surface area contributed by atoms with Gasteiger partial charge < -0.3 is 9.47 Å². The number of benzene rings is 2. The first-order valence-electron chi connectivity index (χ1n) is 9.33. The van der Waals surface area contributed by atoms with Crippen LogP contribution in [0.3, 0.4) is 0 Å². The van der Waals surface area contributed by atoms with E-state index in [1.807, 2.05) is 51.1 Å². The van der Waals surface area contributed by atoms with Crippen LogP contribution in [0.2, 0.25) is 5.02 Å². The predicted molar refractivity (Wildman–Crippen MR) is 124 cm³/mol. The summed E-state index contributed by atoms with van der Waals surface area (Å²) in [6, 6.07) is 11.7.